The van der Waals surface area contributed by atoms with Crippen LogP contribution in [0.15, 0.2) is 30.3 Å². The fourth-order valence-electron chi connectivity index (χ4n) is 1.84. The molecule has 1 fully saturated rings. The van der Waals surface area contributed by atoms with Gasteiger partial charge in [0.2, 0.25) is 0 Å². The SMILES string of the molecule is CN1CCNCC1/C=C/c1ccc(F)cc1. The Hall–Kier alpha value is -1.19. The van der Waals surface area contributed by atoms with Crippen LogP contribution in [0, 0.1) is 5.82 Å². The van der Waals surface area contributed by atoms with Crippen molar-refractivity contribution in [3.05, 3.63) is 41.7 Å². The number of piperazine rings is 1. The summed E-state index contributed by atoms with van der Waals surface area (Å²) in [4.78, 5) is 2.32. The molecule has 1 saturated heterocycles. The lowest BCUT2D eigenvalue weighted by atomic mass is 10.1. The third-order valence-electron chi connectivity index (χ3n) is 2.94. The van der Waals surface area contributed by atoms with Crippen LogP contribution < -0.4 is 5.32 Å². The summed E-state index contributed by atoms with van der Waals surface area (Å²) in [5, 5.41) is 3.36. The quantitative estimate of drug-likeness (QED) is 0.816. The highest BCUT2D eigenvalue weighted by atomic mass is 19.1. The Morgan fingerprint density at radius 1 is 1.38 bits per heavy atom. The van der Waals surface area contributed by atoms with Crippen molar-refractivity contribution >= 4 is 6.08 Å². The Kier molecular flexibility index (Phi) is 3.70. The summed E-state index contributed by atoms with van der Waals surface area (Å²) >= 11 is 0. The Morgan fingerprint density at radius 3 is 2.81 bits per heavy atom. The Morgan fingerprint density at radius 2 is 2.12 bits per heavy atom. The molecule has 0 aromatic heterocycles. The van der Waals surface area contributed by atoms with Gasteiger partial charge in [-0.25, -0.2) is 4.39 Å². The summed E-state index contributed by atoms with van der Waals surface area (Å²) in [6, 6.07) is 6.99. The van der Waals surface area contributed by atoms with Gasteiger partial charge in [-0.1, -0.05) is 24.3 Å². The first-order valence-electron chi connectivity index (χ1n) is 5.60. The molecule has 1 N–H and O–H groups in total. The van der Waals surface area contributed by atoms with Crippen LogP contribution in [0.5, 0.6) is 0 Å². The Balaban J connectivity index is 2.00. The third kappa shape index (κ3) is 2.90. The van der Waals surface area contributed by atoms with Crippen molar-refractivity contribution in [1.29, 1.82) is 0 Å². The van der Waals surface area contributed by atoms with Gasteiger partial charge >= 0.3 is 0 Å². The van der Waals surface area contributed by atoms with Gasteiger partial charge in [-0.05, 0) is 24.7 Å². The highest BCUT2D eigenvalue weighted by Crippen LogP contribution is 2.08. The van der Waals surface area contributed by atoms with Crippen LogP contribution in [0.4, 0.5) is 4.39 Å². The maximum Gasteiger partial charge on any atom is 0.123 e. The molecule has 3 heteroatoms. The van der Waals surface area contributed by atoms with Crippen molar-refractivity contribution < 1.29 is 4.39 Å². The van der Waals surface area contributed by atoms with E-state index in [-0.39, 0.29) is 5.82 Å². The molecule has 16 heavy (non-hydrogen) atoms. The number of benzene rings is 1. The standard InChI is InChI=1S/C13H17FN2/c1-16-9-8-15-10-13(16)7-4-11-2-5-12(14)6-3-11/h2-7,13,15H,8-10H2,1H3/b7-4+. The molecule has 0 spiro atoms. The number of halogens is 1. The van der Waals surface area contributed by atoms with Gasteiger partial charge in [-0.3, -0.25) is 4.90 Å². The van der Waals surface area contributed by atoms with Crippen LogP contribution in [0.1, 0.15) is 5.56 Å². The molecule has 0 saturated carbocycles. The predicted molar refractivity (Wildman–Crippen MR) is 64.7 cm³/mol. The summed E-state index contributed by atoms with van der Waals surface area (Å²) in [5.74, 6) is -0.186. The molecule has 1 aromatic rings. The molecule has 1 aromatic carbocycles. The Labute approximate surface area is 95.8 Å². The van der Waals surface area contributed by atoms with E-state index >= 15 is 0 Å². The average Bonchev–Trinajstić information content (AvgIpc) is 2.30. The van der Waals surface area contributed by atoms with Gasteiger partial charge in [-0.2, -0.15) is 0 Å². The molecule has 0 radical (unpaired) electrons. The van der Waals surface area contributed by atoms with Gasteiger partial charge in [0.25, 0.3) is 0 Å². The smallest absolute Gasteiger partial charge is 0.123 e. The third-order valence-corrected chi connectivity index (χ3v) is 2.94. The van der Waals surface area contributed by atoms with E-state index in [0.29, 0.717) is 6.04 Å². The van der Waals surface area contributed by atoms with Gasteiger partial charge < -0.3 is 5.32 Å². The van der Waals surface area contributed by atoms with Gasteiger partial charge in [0.1, 0.15) is 5.82 Å². The van der Waals surface area contributed by atoms with E-state index in [9.17, 15) is 4.39 Å². The van der Waals surface area contributed by atoms with E-state index in [0.717, 1.165) is 25.2 Å². The maximum absolute atomic E-state index is 12.7. The van der Waals surface area contributed by atoms with Crippen LogP contribution in [0.3, 0.4) is 0 Å². The molecule has 86 valence electrons. The molecule has 1 unspecified atom stereocenters. The molecule has 1 heterocycles. The van der Waals surface area contributed by atoms with Gasteiger partial charge in [0, 0.05) is 25.7 Å². The maximum atomic E-state index is 12.7. The first-order chi connectivity index (χ1) is 7.75. The van der Waals surface area contributed by atoms with Crippen molar-refractivity contribution in [2.75, 3.05) is 26.7 Å². The second-order valence-corrected chi connectivity index (χ2v) is 4.16. The van der Waals surface area contributed by atoms with E-state index in [1.54, 1.807) is 12.1 Å². The fraction of sp³-hybridized carbons (Fsp3) is 0.385. The fourth-order valence-corrected chi connectivity index (χ4v) is 1.84. The Bertz CT molecular complexity index is 359. The normalized spacial score (nSPS) is 22.8. The molecule has 1 atom stereocenters. The number of hydrogen-bond acceptors (Lipinski definition) is 2. The zero-order chi connectivity index (χ0) is 11.4. The lowest BCUT2D eigenvalue weighted by Crippen LogP contribution is -2.48. The molecular formula is C13H17FN2. The molecule has 1 aliphatic rings. The highest BCUT2D eigenvalue weighted by Gasteiger charge is 2.14. The summed E-state index contributed by atoms with van der Waals surface area (Å²) < 4.78 is 12.7. The van der Waals surface area contributed by atoms with E-state index in [1.165, 1.54) is 12.1 Å². The summed E-state index contributed by atoms with van der Waals surface area (Å²) in [7, 11) is 2.13. The lowest BCUT2D eigenvalue weighted by molar-refractivity contribution is 0.237. The summed E-state index contributed by atoms with van der Waals surface area (Å²) in [6.45, 7) is 3.10. The number of rotatable bonds is 2. The summed E-state index contributed by atoms with van der Waals surface area (Å²) in [5.41, 5.74) is 1.04. The monoisotopic (exact) mass is 220 g/mol. The average molecular weight is 220 g/mol. The number of nitrogens with one attached hydrogen (secondary N) is 1. The van der Waals surface area contributed by atoms with E-state index in [4.69, 9.17) is 0 Å². The van der Waals surface area contributed by atoms with Crippen molar-refractivity contribution in [2.45, 2.75) is 6.04 Å². The summed E-state index contributed by atoms with van der Waals surface area (Å²) in [6.07, 6.45) is 4.22. The molecule has 2 nitrogen and oxygen atoms in total. The first kappa shape index (κ1) is 11.3. The molecule has 0 bridgehead atoms. The highest BCUT2D eigenvalue weighted by molar-refractivity contribution is 5.49. The molecule has 0 aliphatic carbocycles. The van der Waals surface area contributed by atoms with Crippen LogP contribution in [-0.4, -0.2) is 37.6 Å². The number of likely N-dealkylation sites (N-methyl/N-ethyl adjacent to an activating group) is 1. The minimum absolute atomic E-state index is 0.186. The molecule has 2 rings (SSSR count). The first-order valence-corrected chi connectivity index (χ1v) is 5.60. The van der Waals surface area contributed by atoms with Gasteiger partial charge in [-0.15, -0.1) is 0 Å². The van der Waals surface area contributed by atoms with Crippen LogP contribution in [0.2, 0.25) is 0 Å². The van der Waals surface area contributed by atoms with Crippen molar-refractivity contribution in [3.8, 4) is 0 Å². The van der Waals surface area contributed by atoms with Crippen molar-refractivity contribution in [3.63, 3.8) is 0 Å². The second-order valence-electron chi connectivity index (χ2n) is 4.16. The van der Waals surface area contributed by atoms with E-state index in [2.05, 4.69) is 23.3 Å². The van der Waals surface area contributed by atoms with Gasteiger partial charge in [0.05, 0.1) is 0 Å². The van der Waals surface area contributed by atoms with E-state index < -0.39 is 0 Å². The molecule has 0 amide bonds. The molecular weight excluding hydrogens is 203 g/mol. The minimum Gasteiger partial charge on any atom is -0.314 e. The van der Waals surface area contributed by atoms with Crippen molar-refractivity contribution in [2.24, 2.45) is 0 Å². The van der Waals surface area contributed by atoms with Gasteiger partial charge in [0.15, 0.2) is 0 Å². The lowest BCUT2D eigenvalue weighted by Gasteiger charge is -2.30. The largest absolute Gasteiger partial charge is 0.314 e. The van der Waals surface area contributed by atoms with Crippen LogP contribution >= 0.6 is 0 Å². The topological polar surface area (TPSA) is 15.3 Å². The van der Waals surface area contributed by atoms with E-state index in [1.807, 2.05) is 6.08 Å². The molecule has 1 aliphatic heterocycles. The number of hydrogen-bond donors (Lipinski definition) is 1. The minimum atomic E-state index is -0.186. The van der Waals surface area contributed by atoms with Crippen molar-refractivity contribution in [1.82, 2.24) is 10.2 Å². The van der Waals surface area contributed by atoms with Crippen LogP contribution in [-0.2, 0) is 0 Å². The zero-order valence-electron chi connectivity index (χ0n) is 9.49. The number of nitrogens with zero attached hydrogens (tertiary/aromatic N) is 1. The second kappa shape index (κ2) is 5.23. The zero-order valence-corrected chi connectivity index (χ0v) is 9.49. The predicted octanol–water partition coefficient (Wildman–Crippen LogP) is 1.74. The van der Waals surface area contributed by atoms with Crippen LogP contribution in [0.25, 0.3) is 6.08 Å².